The molecule has 0 bridgehead atoms. The highest BCUT2D eigenvalue weighted by Crippen LogP contribution is 2.23. The van der Waals surface area contributed by atoms with E-state index in [4.69, 9.17) is 5.26 Å². The van der Waals surface area contributed by atoms with E-state index >= 15 is 0 Å². The molecule has 11 heteroatoms. The molecule has 0 radical (unpaired) electrons. The van der Waals surface area contributed by atoms with E-state index in [0.29, 0.717) is 27.3 Å². The van der Waals surface area contributed by atoms with Gasteiger partial charge < -0.3 is 4.90 Å². The average Bonchev–Trinajstić information content (AvgIpc) is 3.05. The van der Waals surface area contributed by atoms with Gasteiger partial charge in [0.15, 0.2) is 0 Å². The lowest BCUT2D eigenvalue weighted by Crippen LogP contribution is -2.38. The molecule has 0 fully saturated rings. The zero-order valence-corrected chi connectivity index (χ0v) is 18.3. The first kappa shape index (κ1) is 24.4. The standard InChI is InChI=1S/C23H20F3N5O3/c1-15-21(31(33)34)16(2)30(28-15)13-19-7-9-20(10-8-19)22(32)29(14-23(24,25)26)12-18-5-3-17(11-27)4-6-18/h3-10H,12-14H2,1-2H3. The Morgan fingerprint density at radius 2 is 1.71 bits per heavy atom. The van der Waals surface area contributed by atoms with Crippen LogP contribution >= 0.6 is 0 Å². The van der Waals surface area contributed by atoms with Gasteiger partial charge in [-0.05, 0) is 49.2 Å². The maximum atomic E-state index is 13.1. The number of carbonyl (C=O) groups is 1. The van der Waals surface area contributed by atoms with E-state index in [1.807, 2.05) is 6.07 Å². The van der Waals surface area contributed by atoms with Crippen molar-refractivity contribution in [3.05, 3.63) is 92.3 Å². The van der Waals surface area contributed by atoms with Crippen molar-refractivity contribution < 1.29 is 22.9 Å². The number of alkyl halides is 3. The molecule has 1 aromatic heterocycles. The second kappa shape index (κ2) is 9.74. The van der Waals surface area contributed by atoms with E-state index in [9.17, 15) is 28.1 Å². The highest BCUT2D eigenvalue weighted by molar-refractivity contribution is 5.94. The van der Waals surface area contributed by atoms with Crippen molar-refractivity contribution >= 4 is 11.6 Å². The number of nitrogens with zero attached hydrogens (tertiary/aromatic N) is 5. The zero-order chi connectivity index (χ0) is 25.0. The maximum absolute atomic E-state index is 13.1. The van der Waals surface area contributed by atoms with Gasteiger partial charge in [-0.3, -0.25) is 19.6 Å². The summed E-state index contributed by atoms with van der Waals surface area (Å²) in [5.41, 5.74) is 2.14. The van der Waals surface area contributed by atoms with Gasteiger partial charge in [-0.1, -0.05) is 24.3 Å². The van der Waals surface area contributed by atoms with Gasteiger partial charge in [0.1, 0.15) is 17.9 Å². The summed E-state index contributed by atoms with van der Waals surface area (Å²) in [6.07, 6.45) is -4.59. The monoisotopic (exact) mass is 471 g/mol. The van der Waals surface area contributed by atoms with Gasteiger partial charge in [-0.15, -0.1) is 0 Å². The molecule has 3 rings (SSSR count). The lowest BCUT2D eigenvalue weighted by molar-refractivity contribution is -0.386. The molecule has 1 heterocycles. The molecule has 1 amide bonds. The van der Waals surface area contributed by atoms with Gasteiger partial charge in [0.25, 0.3) is 5.91 Å². The number of nitro groups is 1. The van der Waals surface area contributed by atoms with Crippen LogP contribution in [0.5, 0.6) is 0 Å². The number of benzene rings is 2. The summed E-state index contributed by atoms with van der Waals surface area (Å²) >= 11 is 0. The first-order valence-corrected chi connectivity index (χ1v) is 10.1. The SMILES string of the molecule is Cc1nn(Cc2ccc(C(=O)N(Cc3ccc(C#N)cc3)CC(F)(F)F)cc2)c(C)c1[N+](=O)[O-]. The predicted octanol–water partition coefficient (Wildman–Crippen LogP) is 4.53. The fraction of sp³-hybridized carbons (Fsp3) is 0.261. The van der Waals surface area contributed by atoms with Crippen molar-refractivity contribution in [2.24, 2.45) is 0 Å². The van der Waals surface area contributed by atoms with Crippen molar-refractivity contribution in [2.45, 2.75) is 33.1 Å². The largest absolute Gasteiger partial charge is 0.406 e. The number of rotatable bonds is 7. The minimum atomic E-state index is -4.59. The summed E-state index contributed by atoms with van der Waals surface area (Å²) in [6.45, 7) is 1.61. The molecule has 0 aliphatic rings. The smallest absolute Gasteiger partial charge is 0.325 e. The molecule has 0 spiro atoms. The van der Waals surface area contributed by atoms with E-state index in [1.54, 1.807) is 19.1 Å². The quantitative estimate of drug-likeness (QED) is 0.372. The van der Waals surface area contributed by atoms with Crippen LogP contribution in [0.1, 0.15) is 38.4 Å². The van der Waals surface area contributed by atoms with Gasteiger partial charge in [0, 0.05) is 12.1 Å². The molecule has 0 saturated heterocycles. The molecule has 34 heavy (non-hydrogen) atoms. The summed E-state index contributed by atoms with van der Waals surface area (Å²) < 4.78 is 40.9. The first-order valence-electron chi connectivity index (χ1n) is 10.1. The van der Waals surface area contributed by atoms with Crippen LogP contribution < -0.4 is 0 Å². The molecule has 0 atom stereocenters. The lowest BCUT2D eigenvalue weighted by atomic mass is 10.1. The van der Waals surface area contributed by atoms with E-state index < -0.39 is 23.6 Å². The predicted molar refractivity (Wildman–Crippen MR) is 116 cm³/mol. The average molecular weight is 471 g/mol. The summed E-state index contributed by atoms with van der Waals surface area (Å²) in [7, 11) is 0. The highest BCUT2D eigenvalue weighted by atomic mass is 19.4. The fourth-order valence-corrected chi connectivity index (χ4v) is 3.53. The Balaban J connectivity index is 1.79. The fourth-order valence-electron chi connectivity index (χ4n) is 3.53. The lowest BCUT2D eigenvalue weighted by Gasteiger charge is -2.24. The highest BCUT2D eigenvalue weighted by Gasteiger charge is 2.33. The number of hydrogen-bond donors (Lipinski definition) is 0. The Morgan fingerprint density at radius 1 is 1.12 bits per heavy atom. The normalized spacial score (nSPS) is 11.2. The van der Waals surface area contributed by atoms with Crippen LogP contribution in [0.15, 0.2) is 48.5 Å². The van der Waals surface area contributed by atoms with Crippen molar-refractivity contribution in [2.75, 3.05) is 6.54 Å². The van der Waals surface area contributed by atoms with Crippen LogP contribution in [0.3, 0.4) is 0 Å². The number of nitriles is 1. The Hall–Kier alpha value is -4.20. The number of carbonyl (C=O) groups excluding carboxylic acids is 1. The van der Waals surface area contributed by atoms with Crippen LogP contribution in [0.25, 0.3) is 0 Å². The third-order valence-corrected chi connectivity index (χ3v) is 5.17. The van der Waals surface area contributed by atoms with Crippen molar-refractivity contribution in [1.29, 1.82) is 5.26 Å². The Bertz CT molecular complexity index is 1240. The number of aromatic nitrogens is 2. The Morgan fingerprint density at radius 3 is 2.21 bits per heavy atom. The van der Waals surface area contributed by atoms with Gasteiger partial charge in [0.05, 0.1) is 23.1 Å². The number of halogens is 3. The number of aryl methyl sites for hydroxylation is 1. The second-order valence-electron chi connectivity index (χ2n) is 7.72. The van der Waals surface area contributed by atoms with E-state index in [-0.39, 0.29) is 30.0 Å². The van der Waals surface area contributed by atoms with Crippen molar-refractivity contribution in [3.63, 3.8) is 0 Å². The van der Waals surface area contributed by atoms with Crippen molar-refractivity contribution in [1.82, 2.24) is 14.7 Å². The van der Waals surface area contributed by atoms with Gasteiger partial charge in [-0.25, -0.2) is 0 Å². The van der Waals surface area contributed by atoms with Crippen molar-refractivity contribution in [3.8, 4) is 6.07 Å². The van der Waals surface area contributed by atoms with Gasteiger partial charge in [-0.2, -0.15) is 23.5 Å². The molecule has 2 aromatic carbocycles. The minimum Gasteiger partial charge on any atom is -0.325 e. The van der Waals surface area contributed by atoms with E-state index in [1.165, 1.54) is 48.0 Å². The topological polar surface area (TPSA) is 105 Å². The van der Waals surface area contributed by atoms with Crippen LogP contribution in [0, 0.1) is 35.3 Å². The second-order valence-corrected chi connectivity index (χ2v) is 7.72. The summed E-state index contributed by atoms with van der Waals surface area (Å²) in [5, 5.41) is 24.2. The summed E-state index contributed by atoms with van der Waals surface area (Å²) in [4.78, 5) is 24.2. The molecule has 0 saturated carbocycles. The van der Waals surface area contributed by atoms with Gasteiger partial charge in [0.2, 0.25) is 0 Å². The molecule has 0 unspecified atom stereocenters. The third-order valence-electron chi connectivity index (χ3n) is 5.17. The molecule has 0 aliphatic heterocycles. The third kappa shape index (κ3) is 5.78. The Labute approximate surface area is 193 Å². The van der Waals surface area contributed by atoms with Crippen LogP contribution in [0.4, 0.5) is 18.9 Å². The van der Waals surface area contributed by atoms with E-state index in [2.05, 4.69) is 5.10 Å². The van der Waals surface area contributed by atoms with Crippen LogP contribution in [-0.2, 0) is 13.1 Å². The minimum absolute atomic E-state index is 0.0704. The molecular weight excluding hydrogens is 451 g/mol. The molecule has 8 nitrogen and oxygen atoms in total. The maximum Gasteiger partial charge on any atom is 0.406 e. The first-order chi connectivity index (χ1) is 16.0. The molecular formula is C23H20F3N5O3. The summed E-state index contributed by atoms with van der Waals surface area (Å²) in [5.74, 6) is -0.796. The molecule has 3 aromatic rings. The van der Waals surface area contributed by atoms with E-state index in [0.717, 1.165) is 0 Å². The number of amides is 1. The van der Waals surface area contributed by atoms with Crippen LogP contribution in [-0.4, -0.2) is 38.2 Å². The summed E-state index contributed by atoms with van der Waals surface area (Å²) in [6, 6.07) is 13.9. The Kier molecular flexibility index (Phi) is 7.00. The van der Waals surface area contributed by atoms with Gasteiger partial charge >= 0.3 is 11.9 Å². The van der Waals surface area contributed by atoms with Crippen LogP contribution in [0.2, 0.25) is 0 Å². The molecule has 176 valence electrons. The molecule has 0 N–H and O–H groups in total. The molecule has 0 aliphatic carbocycles. The number of hydrogen-bond acceptors (Lipinski definition) is 5. The zero-order valence-electron chi connectivity index (χ0n) is 18.3.